The van der Waals surface area contributed by atoms with Crippen LogP contribution in [0.1, 0.15) is 37.0 Å². The fourth-order valence-corrected chi connectivity index (χ4v) is 5.43. The number of H-pyrrole nitrogens is 1. The Hall–Kier alpha value is -2.94. The quantitative estimate of drug-likeness (QED) is 0.671. The minimum atomic E-state index is -3.35. The largest absolute Gasteiger partial charge is 0.352 e. The lowest BCUT2D eigenvalue weighted by Gasteiger charge is -2.43. The van der Waals surface area contributed by atoms with Crippen molar-refractivity contribution < 1.29 is 13.2 Å². The molecule has 3 aromatic rings. The summed E-state index contributed by atoms with van der Waals surface area (Å²) in [6, 6.07) is 8.33. The number of amides is 1. The topological polar surface area (TPSA) is 99.3 Å². The maximum Gasteiger partial charge on any atom is 0.254 e. The minimum Gasteiger partial charge on any atom is -0.352 e. The zero-order chi connectivity index (χ0) is 21.8. The van der Waals surface area contributed by atoms with E-state index in [9.17, 15) is 13.2 Å². The van der Waals surface area contributed by atoms with Crippen LogP contribution in [-0.2, 0) is 9.84 Å². The maximum atomic E-state index is 13.3. The Balaban J connectivity index is 1.37. The molecule has 3 heterocycles. The summed E-state index contributed by atoms with van der Waals surface area (Å²) in [7, 11) is -3.35. The van der Waals surface area contributed by atoms with Crippen LogP contribution in [-0.4, -0.2) is 64.6 Å². The number of aromatic amines is 1. The summed E-state index contributed by atoms with van der Waals surface area (Å²) in [5, 5.41) is 0.491. The van der Waals surface area contributed by atoms with Gasteiger partial charge in [0.05, 0.1) is 21.1 Å². The van der Waals surface area contributed by atoms with Crippen LogP contribution in [0, 0.1) is 0 Å². The third-order valence-corrected chi connectivity index (χ3v) is 8.58. The van der Waals surface area contributed by atoms with Crippen LogP contribution in [0.15, 0.2) is 47.8 Å². The summed E-state index contributed by atoms with van der Waals surface area (Å²) < 4.78 is 24.7. The van der Waals surface area contributed by atoms with Crippen molar-refractivity contribution in [3.63, 3.8) is 0 Å². The van der Waals surface area contributed by atoms with E-state index in [0.29, 0.717) is 18.7 Å². The summed E-state index contributed by atoms with van der Waals surface area (Å²) in [6.07, 6.45) is 5.34. The van der Waals surface area contributed by atoms with Gasteiger partial charge in [0.2, 0.25) is 0 Å². The minimum absolute atomic E-state index is 0.0416. The van der Waals surface area contributed by atoms with Crippen molar-refractivity contribution in [2.75, 3.05) is 24.5 Å². The standard InChI is InChI=1S/C22H25N5O3S/c1-15(2)31(29,30)17-5-3-16(4-6-17)21(28)27-12-11-26(13-22(27)8-9-22)20-18-7-10-23-19(18)24-14-25-20/h3-7,10,14-15H,8-9,11-13H2,1-2H3,(H,23,24,25). The number of nitrogens with zero attached hydrogens (tertiary/aromatic N) is 4. The summed E-state index contributed by atoms with van der Waals surface area (Å²) in [4.78, 5) is 29.6. The number of nitrogens with one attached hydrogen (secondary N) is 1. The van der Waals surface area contributed by atoms with Crippen molar-refractivity contribution in [1.29, 1.82) is 0 Å². The van der Waals surface area contributed by atoms with E-state index in [1.807, 2.05) is 17.2 Å². The van der Waals surface area contributed by atoms with E-state index >= 15 is 0 Å². The molecule has 0 atom stereocenters. The number of carbonyl (C=O) groups excluding carboxylic acids is 1. The predicted octanol–water partition coefficient (Wildman–Crippen LogP) is 2.64. The molecule has 2 aliphatic rings. The van der Waals surface area contributed by atoms with Gasteiger partial charge in [-0.1, -0.05) is 0 Å². The molecular weight excluding hydrogens is 414 g/mol. The van der Waals surface area contributed by atoms with Crippen LogP contribution in [0.3, 0.4) is 0 Å². The summed E-state index contributed by atoms with van der Waals surface area (Å²) in [5.41, 5.74) is 1.15. The van der Waals surface area contributed by atoms with Gasteiger partial charge in [-0.3, -0.25) is 4.79 Å². The summed E-state index contributed by atoms with van der Waals surface area (Å²) in [5.74, 6) is 0.855. The number of hydrogen-bond acceptors (Lipinski definition) is 6. The van der Waals surface area contributed by atoms with Crippen LogP contribution in [0.25, 0.3) is 11.0 Å². The highest BCUT2D eigenvalue weighted by atomic mass is 32.2. The average molecular weight is 440 g/mol. The first kappa shape index (κ1) is 20.0. The monoisotopic (exact) mass is 439 g/mol. The number of sulfone groups is 1. The molecule has 1 aliphatic heterocycles. The molecule has 1 N–H and O–H groups in total. The molecule has 1 aromatic carbocycles. The highest BCUT2D eigenvalue weighted by Crippen LogP contribution is 2.46. The second kappa shape index (κ2) is 7.05. The van der Waals surface area contributed by atoms with Gasteiger partial charge in [0, 0.05) is 31.4 Å². The molecule has 2 fully saturated rings. The first-order valence-corrected chi connectivity index (χ1v) is 12.1. The first-order valence-electron chi connectivity index (χ1n) is 10.5. The third kappa shape index (κ3) is 3.27. The number of piperazine rings is 1. The van der Waals surface area contributed by atoms with Crippen LogP contribution >= 0.6 is 0 Å². The molecule has 162 valence electrons. The molecule has 2 aromatic heterocycles. The maximum absolute atomic E-state index is 13.3. The molecule has 0 bridgehead atoms. The van der Waals surface area contributed by atoms with Gasteiger partial charge in [0.15, 0.2) is 9.84 Å². The van der Waals surface area contributed by atoms with Gasteiger partial charge in [-0.25, -0.2) is 18.4 Å². The van der Waals surface area contributed by atoms with Gasteiger partial charge in [-0.05, 0) is 57.0 Å². The van der Waals surface area contributed by atoms with Crippen LogP contribution in [0.4, 0.5) is 5.82 Å². The molecule has 8 nitrogen and oxygen atoms in total. The normalized spacial score (nSPS) is 18.2. The lowest BCUT2D eigenvalue weighted by molar-refractivity contribution is 0.0624. The van der Waals surface area contributed by atoms with E-state index < -0.39 is 15.1 Å². The fraction of sp³-hybridized carbons (Fsp3) is 0.409. The molecule has 1 saturated carbocycles. The van der Waals surface area contributed by atoms with Crippen molar-refractivity contribution in [2.24, 2.45) is 0 Å². The third-order valence-electron chi connectivity index (χ3n) is 6.41. The van der Waals surface area contributed by atoms with Crippen LogP contribution in [0.2, 0.25) is 0 Å². The SMILES string of the molecule is CC(C)S(=O)(=O)c1ccc(C(=O)N2CCN(c3ncnc4[nH]ccc34)CC23CC3)cc1. The Bertz CT molecular complexity index is 1250. The lowest BCUT2D eigenvalue weighted by atomic mass is 10.1. The number of fused-ring (bicyclic) bond motifs is 1. The van der Waals surface area contributed by atoms with Gasteiger partial charge in [0.25, 0.3) is 5.91 Å². The Morgan fingerprint density at radius 2 is 1.84 bits per heavy atom. The molecule has 1 spiro atoms. The smallest absolute Gasteiger partial charge is 0.254 e. The molecular formula is C22H25N5O3S. The molecule has 0 unspecified atom stereocenters. The van der Waals surface area contributed by atoms with Gasteiger partial charge in [-0.2, -0.15) is 0 Å². The van der Waals surface area contributed by atoms with Crippen molar-refractivity contribution in [1.82, 2.24) is 19.9 Å². The van der Waals surface area contributed by atoms with E-state index in [1.54, 1.807) is 44.4 Å². The Morgan fingerprint density at radius 3 is 2.52 bits per heavy atom. The van der Waals surface area contributed by atoms with Crippen LogP contribution in [0.5, 0.6) is 0 Å². The predicted molar refractivity (Wildman–Crippen MR) is 118 cm³/mol. The number of anilines is 1. The van der Waals surface area contributed by atoms with Gasteiger partial charge in [-0.15, -0.1) is 0 Å². The number of carbonyl (C=O) groups is 1. The second-order valence-electron chi connectivity index (χ2n) is 8.66. The van der Waals surface area contributed by atoms with Gasteiger partial charge in [0.1, 0.15) is 17.8 Å². The molecule has 0 radical (unpaired) electrons. The lowest BCUT2D eigenvalue weighted by Crippen LogP contribution is -2.57. The Morgan fingerprint density at radius 1 is 1.10 bits per heavy atom. The highest BCUT2D eigenvalue weighted by Gasteiger charge is 2.53. The second-order valence-corrected chi connectivity index (χ2v) is 11.2. The van der Waals surface area contributed by atoms with Gasteiger partial charge >= 0.3 is 0 Å². The first-order chi connectivity index (χ1) is 14.8. The molecule has 31 heavy (non-hydrogen) atoms. The van der Waals surface area contributed by atoms with Crippen molar-refractivity contribution in [3.8, 4) is 0 Å². The molecule has 1 aliphatic carbocycles. The number of rotatable bonds is 4. The molecule has 1 amide bonds. The van der Waals surface area contributed by atoms with Crippen molar-refractivity contribution in [2.45, 2.75) is 42.4 Å². The van der Waals surface area contributed by atoms with E-state index in [2.05, 4.69) is 19.9 Å². The zero-order valence-electron chi connectivity index (χ0n) is 17.6. The number of hydrogen-bond donors (Lipinski definition) is 1. The molecule has 5 rings (SSSR count). The van der Waals surface area contributed by atoms with Gasteiger partial charge < -0.3 is 14.8 Å². The average Bonchev–Trinajstić information content (AvgIpc) is 3.34. The zero-order valence-corrected chi connectivity index (χ0v) is 18.4. The molecule has 1 saturated heterocycles. The number of benzene rings is 1. The van der Waals surface area contributed by atoms with E-state index in [0.717, 1.165) is 36.2 Å². The molecule has 9 heteroatoms. The Labute approximate surface area is 181 Å². The van der Waals surface area contributed by atoms with Crippen LogP contribution < -0.4 is 4.90 Å². The van der Waals surface area contributed by atoms with E-state index in [4.69, 9.17) is 0 Å². The van der Waals surface area contributed by atoms with Crippen molar-refractivity contribution >= 4 is 32.6 Å². The van der Waals surface area contributed by atoms with Crippen molar-refractivity contribution in [3.05, 3.63) is 48.4 Å². The highest BCUT2D eigenvalue weighted by molar-refractivity contribution is 7.92. The number of aromatic nitrogens is 3. The van der Waals surface area contributed by atoms with E-state index in [-0.39, 0.29) is 16.3 Å². The summed E-state index contributed by atoms with van der Waals surface area (Å²) in [6.45, 7) is 5.33. The Kier molecular flexibility index (Phi) is 4.55. The van der Waals surface area contributed by atoms with E-state index in [1.165, 1.54) is 0 Å². The fourth-order valence-electron chi connectivity index (χ4n) is 4.37. The summed E-state index contributed by atoms with van der Waals surface area (Å²) >= 11 is 0.